The van der Waals surface area contributed by atoms with Gasteiger partial charge in [-0.1, -0.05) is 18.5 Å². The molecular formula is C13H19ClN2O. The Morgan fingerprint density at radius 3 is 2.76 bits per heavy atom. The van der Waals surface area contributed by atoms with Crippen LogP contribution in [0.4, 0.5) is 0 Å². The average Bonchev–Trinajstić information content (AvgIpc) is 2.34. The topological polar surface area (TPSA) is 48.1 Å². The normalized spacial score (nSPS) is 24.6. The van der Waals surface area contributed by atoms with Crippen molar-refractivity contribution in [2.75, 3.05) is 0 Å². The third-order valence-corrected chi connectivity index (χ3v) is 3.72. The fraction of sp³-hybridized carbons (Fsp3) is 0.615. The van der Waals surface area contributed by atoms with Crippen LogP contribution < -0.4 is 10.5 Å². The van der Waals surface area contributed by atoms with Gasteiger partial charge in [0.1, 0.15) is 6.10 Å². The molecule has 94 valence electrons. The highest BCUT2D eigenvalue weighted by Crippen LogP contribution is 2.27. The Morgan fingerprint density at radius 2 is 2.12 bits per heavy atom. The molecule has 0 amide bonds. The number of nitrogens with two attached hydrogens (primary N) is 1. The summed E-state index contributed by atoms with van der Waals surface area (Å²) in [5.41, 5.74) is 6.49. The molecule has 0 saturated heterocycles. The van der Waals surface area contributed by atoms with Crippen molar-refractivity contribution in [1.29, 1.82) is 0 Å². The third-order valence-electron chi connectivity index (χ3n) is 3.38. The summed E-state index contributed by atoms with van der Waals surface area (Å²) < 4.78 is 5.88. The van der Waals surface area contributed by atoms with Crippen LogP contribution in [0.2, 0.25) is 5.02 Å². The summed E-state index contributed by atoms with van der Waals surface area (Å²) in [6.45, 7) is 2.71. The molecular weight excluding hydrogens is 236 g/mol. The number of nitrogens with zero attached hydrogens (tertiary/aromatic N) is 1. The first kappa shape index (κ1) is 12.7. The van der Waals surface area contributed by atoms with Crippen LogP contribution >= 0.6 is 11.6 Å². The summed E-state index contributed by atoms with van der Waals surface area (Å²) in [6.07, 6.45) is 6.62. The molecule has 4 heteroatoms. The molecule has 0 radical (unpaired) electrons. The lowest BCUT2D eigenvalue weighted by Gasteiger charge is -2.26. The van der Waals surface area contributed by atoms with Gasteiger partial charge in [-0.2, -0.15) is 0 Å². The highest BCUT2D eigenvalue weighted by atomic mass is 35.5. The average molecular weight is 255 g/mol. The van der Waals surface area contributed by atoms with Crippen molar-refractivity contribution in [1.82, 2.24) is 4.98 Å². The maximum absolute atomic E-state index is 5.96. The Bertz CT molecular complexity index is 376. The molecule has 2 N–H and O–H groups in total. The molecule has 1 saturated carbocycles. The molecule has 0 aliphatic heterocycles. The molecule has 1 fully saturated rings. The van der Waals surface area contributed by atoms with Crippen LogP contribution in [-0.4, -0.2) is 11.1 Å². The Labute approximate surface area is 107 Å². The SMILES string of the molecule is CC1CCC(Oc2cc(CN)c(Cl)cn2)CC1. The second kappa shape index (κ2) is 5.69. The van der Waals surface area contributed by atoms with Gasteiger partial charge in [0.05, 0.1) is 5.02 Å². The van der Waals surface area contributed by atoms with Crippen molar-refractivity contribution < 1.29 is 4.74 Å². The van der Waals surface area contributed by atoms with Gasteiger partial charge in [0.2, 0.25) is 5.88 Å². The molecule has 0 spiro atoms. The zero-order valence-electron chi connectivity index (χ0n) is 10.2. The van der Waals surface area contributed by atoms with E-state index in [-0.39, 0.29) is 0 Å². The lowest BCUT2D eigenvalue weighted by molar-refractivity contribution is 0.130. The second-order valence-corrected chi connectivity index (χ2v) is 5.23. The lowest BCUT2D eigenvalue weighted by atomic mass is 9.89. The van der Waals surface area contributed by atoms with E-state index in [1.54, 1.807) is 6.20 Å². The minimum atomic E-state index is 0.297. The maximum atomic E-state index is 5.96. The number of aromatic nitrogens is 1. The first-order valence-electron chi connectivity index (χ1n) is 6.20. The van der Waals surface area contributed by atoms with Gasteiger partial charge in [-0.15, -0.1) is 0 Å². The number of hydrogen-bond acceptors (Lipinski definition) is 3. The number of hydrogen-bond donors (Lipinski definition) is 1. The lowest BCUT2D eigenvalue weighted by Crippen LogP contribution is -2.23. The zero-order valence-corrected chi connectivity index (χ0v) is 10.9. The molecule has 1 heterocycles. The third kappa shape index (κ3) is 3.33. The monoisotopic (exact) mass is 254 g/mol. The van der Waals surface area contributed by atoms with Crippen LogP contribution in [0, 0.1) is 5.92 Å². The number of halogens is 1. The van der Waals surface area contributed by atoms with Gasteiger partial charge < -0.3 is 10.5 Å². The van der Waals surface area contributed by atoms with Crippen LogP contribution in [0.1, 0.15) is 38.2 Å². The van der Waals surface area contributed by atoms with Crippen LogP contribution in [0.25, 0.3) is 0 Å². The predicted octanol–water partition coefficient (Wildman–Crippen LogP) is 3.15. The van der Waals surface area contributed by atoms with Crippen molar-refractivity contribution in [3.8, 4) is 5.88 Å². The molecule has 3 nitrogen and oxygen atoms in total. The summed E-state index contributed by atoms with van der Waals surface area (Å²) in [5.74, 6) is 1.47. The molecule has 0 atom stereocenters. The molecule has 0 bridgehead atoms. The highest BCUT2D eigenvalue weighted by molar-refractivity contribution is 6.31. The van der Waals surface area contributed by atoms with Crippen molar-refractivity contribution >= 4 is 11.6 Å². The smallest absolute Gasteiger partial charge is 0.213 e. The predicted molar refractivity (Wildman–Crippen MR) is 69.2 cm³/mol. The van der Waals surface area contributed by atoms with Crippen molar-refractivity contribution in [3.63, 3.8) is 0 Å². The van der Waals surface area contributed by atoms with E-state index in [1.807, 2.05) is 6.07 Å². The standard InChI is InChI=1S/C13H19ClN2O/c1-9-2-4-11(5-3-9)17-13-6-10(7-15)12(14)8-16-13/h6,8-9,11H,2-5,7,15H2,1H3. The fourth-order valence-corrected chi connectivity index (χ4v) is 2.38. The fourth-order valence-electron chi connectivity index (χ4n) is 2.20. The Morgan fingerprint density at radius 1 is 1.41 bits per heavy atom. The first-order valence-corrected chi connectivity index (χ1v) is 6.58. The van der Waals surface area contributed by atoms with Gasteiger partial charge in [0.15, 0.2) is 0 Å². The Balaban J connectivity index is 1.99. The van der Waals surface area contributed by atoms with Gasteiger partial charge in [-0.05, 0) is 37.2 Å². The summed E-state index contributed by atoms with van der Waals surface area (Å²) in [4.78, 5) is 4.19. The van der Waals surface area contributed by atoms with E-state index in [2.05, 4.69) is 11.9 Å². The molecule has 1 aliphatic carbocycles. The van der Waals surface area contributed by atoms with Crippen LogP contribution in [0.5, 0.6) is 5.88 Å². The number of pyridine rings is 1. The molecule has 0 aromatic carbocycles. The van der Waals surface area contributed by atoms with Gasteiger partial charge in [-0.25, -0.2) is 4.98 Å². The molecule has 1 aromatic heterocycles. The number of rotatable bonds is 3. The molecule has 2 rings (SSSR count). The van der Waals surface area contributed by atoms with E-state index in [0.29, 0.717) is 23.6 Å². The summed E-state index contributed by atoms with van der Waals surface area (Å²) in [7, 11) is 0. The van der Waals surface area contributed by atoms with Crippen LogP contribution in [0.15, 0.2) is 12.3 Å². The quantitative estimate of drug-likeness (QED) is 0.902. The minimum absolute atomic E-state index is 0.297. The summed E-state index contributed by atoms with van der Waals surface area (Å²) >= 11 is 5.96. The van der Waals surface area contributed by atoms with E-state index in [9.17, 15) is 0 Å². The highest BCUT2D eigenvalue weighted by Gasteiger charge is 2.20. The van der Waals surface area contributed by atoms with Crippen molar-refractivity contribution in [2.45, 2.75) is 45.3 Å². The molecule has 17 heavy (non-hydrogen) atoms. The van der Waals surface area contributed by atoms with E-state index in [0.717, 1.165) is 24.3 Å². The largest absolute Gasteiger partial charge is 0.474 e. The Kier molecular flexibility index (Phi) is 4.24. The minimum Gasteiger partial charge on any atom is -0.474 e. The number of ether oxygens (including phenoxy) is 1. The van der Waals surface area contributed by atoms with Gasteiger partial charge in [0.25, 0.3) is 0 Å². The van der Waals surface area contributed by atoms with E-state index < -0.39 is 0 Å². The van der Waals surface area contributed by atoms with Crippen LogP contribution in [0.3, 0.4) is 0 Å². The second-order valence-electron chi connectivity index (χ2n) is 4.82. The van der Waals surface area contributed by atoms with E-state index in [4.69, 9.17) is 22.1 Å². The molecule has 0 unspecified atom stereocenters. The van der Waals surface area contributed by atoms with Crippen LogP contribution in [-0.2, 0) is 6.54 Å². The van der Waals surface area contributed by atoms with E-state index in [1.165, 1.54) is 12.8 Å². The van der Waals surface area contributed by atoms with Gasteiger partial charge in [0, 0.05) is 18.8 Å². The van der Waals surface area contributed by atoms with Crippen molar-refractivity contribution in [3.05, 3.63) is 22.8 Å². The summed E-state index contributed by atoms with van der Waals surface area (Å²) in [6, 6.07) is 1.85. The Hall–Kier alpha value is -0.800. The first-order chi connectivity index (χ1) is 8.19. The van der Waals surface area contributed by atoms with Crippen molar-refractivity contribution in [2.24, 2.45) is 11.7 Å². The zero-order chi connectivity index (χ0) is 12.3. The molecule has 1 aromatic rings. The summed E-state index contributed by atoms with van der Waals surface area (Å²) in [5, 5.41) is 0.608. The molecule has 1 aliphatic rings. The van der Waals surface area contributed by atoms with E-state index >= 15 is 0 Å². The maximum Gasteiger partial charge on any atom is 0.213 e. The van der Waals surface area contributed by atoms with Gasteiger partial charge in [-0.3, -0.25) is 0 Å². The van der Waals surface area contributed by atoms with Gasteiger partial charge >= 0.3 is 0 Å².